The average molecular weight is 312 g/mol. The second kappa shape index (κ2) is 6.44. The zero-order chi connectivity index (χ0) is 15.5. The van der Waals surface area contributed by atoms with E-state index < -0.39 is 10.0 Å². The van der Waals surface area contributed by atoms with Crippen molar-refractivity contribution in [1.29, 1.82) is 0 Å². The van der Waals surface area contributed by atoms with Gasteiger partial charge >= 0.3 is 0 Å². The van der Waals surface area contributed by atoms with E-state index in [0.29, 0.717) is 18.7 Å². The Labute approximate surface area is 124 Å². The minimum atomic E-state index is -3.27. The van der Waals surface area contributed by atoms with Gasteiger partial charge in [-0.25, -0.2) is 13.1 Å². The van der Waals surface area contributed by atoms with Gasteiger partial charge in [-0.2, -0.15) is 0 Å². The molecule has 1 aliphatic rings. The van der Waals surface area contributed by atoms with Gasteiger partial charge in [-0.05, 0) is 18.9 Å². The number of amides is 1. The summed E-state index contributed by atoms with van der Waals surface area (Å²) in [5.41, 5.74) is 0.584. The lowest BCUT2D eigenvalue weighted by molar-refractivity contribution is -0.131. The number of likely N-dealkylation sites (tertiary alicyclic amines) is 1. The number of carbonyl (C=O) groups is 1. The zero-order valence-corrected chi connectivity index (χ0v) is 12.8. The molecule has 1 atom stereocenters. The van der Waals surface area contributed by atoms with E-state index in [1.54, 1.807) is 29.2 Å². The molecule has 0 unspecified atom stereocenters. The second-order valence-electron chi connectivity index (χ2n) is 5.37. The molecule has 0 bridgehead atoms. The zero-order valence-electron chi connectivity index (χ0n) is 11.9. The highest BCUT2D eigenvalue weighted by Gasteiger charge is 2.25. The Morgan fingerprint density at radius 2 is 2.14 bits per heavy atom. The normalized spacial score (nSPS) is 19.5. The third kappa shape index (κ3) is 4.71. The number of carbonyl (C=O) groups excluding carboxylic acids is 1. The molecule has 1 saturated heterocycles. The number of nitrogens with zero attached hydrogens (tertiary/aromatic N) is 1. The van der Waals surface area contributed by atoms with Crippen molar-refractivity contribution in [2.45, 2.75) is 25.3 Å². The number of hydrogen-bond donors (Lipinski definition) is 2. The van der Waals surface area contributed by atoms with Crippen LogP contribution in [-0.2, 0) is 21.2 Å². The molecular weight excluding hydrogens is 292 g/mol. The van der Waals surface area contributed by atoms with Gasteiger partial charge in [0, 0.05) is 24.7 Å². The summed E-state index contributed by atoms with van der Waals surface area (Å²) in [6, 6.07) is 6.50. The minimum Gasteiger partial charge on any atom is -0.508 e. The topological polar surface area (TPSA) is 86.7 Å². The molecule has 0 saturated carbocycles. The summed E-state index contributed by atoms with van der Waals surface area (Å²) in [6.45, 7) is 0.994. The van der Waals surface area contributed by atoms with Crippen molar-refractivity contribution in [3.63, 3.8) is 0 Å². The first-order chi connectivity index (χ1) is 9.85. The number of benzene rings is 1. The van der Waals surface area contributed by atoms with Crippen molar-refractivity contribution < 1.29 is 18.3 Å². The van der Waals surface area contributed by atoms with Gasteiger partial charge in [0.1, 0.15) is 5.75 Å². The number of phenols is 1. The van der Waals surface area contributed by atoms with Crippen molar-refractivity contribution in [2.24, 2.45) is 0 Å². The Hall–Kier alpha value is -1.60. The van der Waals surface area contributed by atoms with Crippen molar-refractivity contribution in [1.82, 2.24) is 9.62 Å². The van der Waals surface area contributed by atoms with Crippen LogP contribution in [0.25, 0.3) is 0 Å². The van der Waals surface area contributed by atoms with Gasteiger partial charge in [-0.15, -0.1) is 0 Å². The monoisotopic (exact) mass is 312 g/mol. The molecule has 0 aromatic heterocycles. The highest BCUT2D eigenvalue weighted by Crippen LogP contribution is 2.18. The Kier molecular flexibility index (Phi) is 4.84. The molecule has 1 aromatic rings. The lowest BCUT2D eigenvalue weighted by Gasteiger charge is -2.32. The Bertz CT molecular complexity index is 615. The molecule has 7 heteroatoms. The van der Waals surface area contributed by atoms with Crippen LogP contribution in [0.3, 0.4) is 0 Å². The standard InChI is InChI=1S/C14H20N2O4S/c1-21(19,20)15-12-6-4-8-16(10-12)14(18)9-11-5-2-3-7-13(11)17/h2-3,5,7,12,15,17H,4,6,8-10H2,1H3/t12-/m1/s1. The van der Waals surface area contributed by atoms with Crippen molar-refractivity contribution in [3.05, 3.63) is 29.8 Å². The van der Waals surface area contributed by atoms with Gasteiger partial charge in [0.05, 0.1) is 12.7 Å². The first-order valence-electron chi connectivity index (χ1n) is 6.87. The first kappa shape index (κ1) is 15.8. The largest absolute Gasteiger partial charge is 0.508 e. The quantitative estimate of drug-likeness (QED) is 0.846. The number of hydrogen-bond acceptors (Lipinski definition) is 4. The fourth-order valence-electron chi connectivity index (χ4n) is 2.54. The number of phenolic OH excluding ortho intramolecular Hbond substituents is 1. The maximum atomic E-state index is 12.3. The van der Waals surface area contributed by atoms with Gasteiger partial charge in [-0.3, -0.25) is 4.79 Å². The maximum Gasteiger partial charge on any atom is 0.227 e. The summed E-state index contributed by atoms with van der Waals surface area (Å²) in [4.78, 5) is 13.9. The molecule has 1 amide bonds. The van der Waals surface area contributed by atoms with Crippen molar-refractivity contribution in [2.75, 3.05) is 19.3 Å². The van der Waals surface area contributed by atoms with Crippen LogP contribution in [0, 0.1) is 0 Å². The second-order valence-corrected chi connectivity index (χ2v) is 7.15. The summed E-state index contributed by atoms with van der Waals surface area (Å²) in [6.07, 6.45) is 2.74. The number of para-hydroxylation sites is 1. The SMILES string of the molecule is CS(=O)(=O)N[C@@H]1CCCN(C(=O)Cc2ccccc2O)C1. The lowest BCUT2D eigenvalue weighted by Crippen LogP contribution is -2.49. The van der Waals surface area contributed by atoms with E-state index in [0.717, 1.165) is 19.1 Å². The van der Waals surface area contributed by atoms with E-state index in [-0.39, 0.29) is 24.1 Å². The molecule has 6 nitrogen and oxygen atoms in total. The van der Waals surface area contributed by atoms with Crippen LogP contribution in [0.1, 0.15) is 18.4 Å². The minimum absolute atomic E-state index is 0.100. The van der Waals surface area contributed by atoms with E-state index in [9.17, 15) is 18.3 Å². The van der Waals surface area contributed by atoms with Gasteiger partial charge in [0.25, 0.3) is 0 Å². The summed E-state index contributed by atoms with van der Waals surface area (Å²) in [5.74, 6) is 0.00479. The third-order valence-corrected chi connectivity index (χ3v) is 4.25. The molecule has 116 valence electrons. The predicted octanol–water partition coefficient (Wildman–Crippen LogP) is 0.475. The number of rotatable bonds is 4. The fourth-order valence-corrected chi connectivity index (χ4v) is 3.34. The van der Waals surface area contributed by atoms with E-state index >= 15 is 0 Å². The molecule has 0 aliphatic carbocycles. The Balaban J connectivity index is 1.98. The van der Waals surface area contributed by atoms with Crippen molar-refractivity contribution in [3.8, 4) is 5.75 Å². The molecule has 1 aromatic carbocycles. The Morgan fingerprint density at radius 3 is 2.81 bits per heavy atom. The van der Waals surface area contributed by atoms with Crippen LogP contribution in [-0.4, -0.2) is 49.7 Å². The van der Waals surface area contributed by atoms with Crippen molar-refractivity contribution >= 4 is 15.9 Å². The summed E-state index contributed by atoms with van der Waals surface area (Å²) in [7, 11) is -3.27. The van der Waals surface area contributed by atoms with Gasteiger partial charge in [-0.1, -0.05) is 18.2 Å². The molecule has 2 rings (SSSR count). The van der Waals surface area contributed by atoms with Crippen LogP contribution < -0.4 is 4.72 Å². The summed E-state index contributed by atoms with van der Waals surface area (Å²) in [5, 5.41) is 9.70. The molecule has 2 N–H and O–H groups in total. The maximum absolute atomic E-state index is 12.3. The van der Waals surface area contributed by atoms with E-state index in [2.05, 4.69) is 4.72 Å². The van der Waals surface area contributed by atoms with Crippen LogP contribution in [0.4, 0.5) is 0 Å². The van der Waals surface area contributed by atoms with Gasteiger partial charge < -0.3 is 10.0 Å². The van der Waals surface area contributed by atoms with Crippen LogP contribution >= 0.6 is 0 Å². The van der Waals surface area contributed by atoms with Gasteiger partial charge in [0.15, 0.2) is 0 Å². The molecule has 1 aliphatic heterocycles. The third-order valence-electron chi connectivity index (χ3n) is 3.49. The van der Waals surface area contributed by atoms with E-state index in [1.807, 2.05) is 0 Å². The summed E-state index contributed by atoms with van der Waals surface area (Å²) < 4.78 is 25.1. The highest BCUT2D eigenvalue weighted by atomic mass is 32.2. The number of nitrogens with one attached hydrogen (secondary N) is 1. The number of piperidine rings is 1. The molecule has 0 radical (unpaired) electrons. The molecular formula is C14H20N2O4S. The predicted molar refractivity (Wildman–Crippen MR) is 79.4 cm³/mol. The molecule has 1 heterocycles. The number of aromatic hydroxyl groups is 1. The lowest BCUT2D eigenvalue weighted by atomic mass is 10.0. The average Bonchev–Trinajstić information content (AvgIpc) is 2.39. The van der Waals surface area contributed by atoms with E-state index in [1.165, 1.54) is 0 Å². The molecule has 21 heavy (non-hydrogen) atoms. The first-order valence-corrected chi connectivity index (χ1v) is 8.76. The molecule has 1 fully saturated rings. The smallest absolute Gasteiger partial charge is 0.227 e. The fraction of sp³-hybridized carbons (Fsp3) is 0.500. The number of sulfonamides is 1. The van der Waals surface area contributed by atoms with Crippen LogP contribution in [0.5, 0.6) is 5.75 Å². The Morgan fingerprint density at radius 1 is 1.43 bits per heavy atom. The van der Waals surface area contributed by atoms with E-state index in [4.69, 9.17) is 0 Å². The summed E-state index contributed by atoms with van der Waals surface area (Å²) >= 11 is 0. The van der Waals surface area contributed by atoms with Crippen LogP contribution in [0.15, 0.2) is 24.3 Å². The highest BCUT2D eigenvalue weighted by molar-refractivity contribution is 7.88. The van der Waals surface area contributed by atoms with Crippen LogP contribution in [0.2, 0.25) is 0 Å². The van der Waals surface area contributed by atoms with Gasteiger partial charge in [0.2, 0.25) is 15.9 Å². The molecule has 0 spiro atoms.